The number of nitrogens with one attached hydrogen (secondary N) is 1. The first-order valence-electron chi connectivity index (χ1n) is 5.84. The van der Waals surface area contributed by atoms with Crippen LogP contribution in [0.5, 0.6) is 5.75 Å². The van der Waals surface area contributed by atoms with Crippen molar-refractivity contribution in [1.29, 1.82) is 5.26 Å². The summed E-state index contributed by atoms with van der Waals surface area (Å²) in [6, 6.07) is 8.19. The Morgan fingerprint density at radius 1 is 1.41 bits per heavy atom. The van der Waals surface area contributed by atoms with Crippen molar-refractivity contribution < 1.29 is 4.74 Å². The molecule has 0 bridgehead atoms. The monoisotopic (exact) mass is 228 g/mol. The van der Waals surface area contributed by atoms with Gasteiger partial charge >= 0.3 is 0 Å². The third kappa shape index (κ3) is 2.59. The predicted octanol–water partition coefficient (Wildman–Crippen LogP) is 3.41. The maximum absolute atomic E-state index is 8.63. The smallest absolute Gasteiger partial charge is 0.120 e. The molecule has 1 aromatic carbocycles. The summed E-state index contributed by atoms with van der Waals surface area (Å²) in [7, 11) is 0. The normalized spacial score (nSPS) is 10.7. The van der Waals surface area contributed by atoms with Gasteiger partial charge < -0.3 is 9.72 Å². The van der Waals surface area contributed by atoms with E-state index in [0.717, 1.165) is 23.1 Å². The standard InChI is InChI=1S/C14H16N2O/c1-10(2)17-12-5-6-14-13(8-12)11(9-16-14)4-3-7-15/h5-6,8-10,16H,3-4H2,1-2H3. The fourth-order valence-electron chi connectivity index (χ4n) is 1.90. The third-order valence-electron chi connectivity index (χ3n) is 2.62. The van der Waals surface area contributed by atoms with E-state index in [1.807, 2.05) is 38.2 Å². The number of aromatic amines is 1. The van der Waals surface area contributed by atoms with Crippen LogP contribution in [-0.2, 0) is 6.42 Å². The average Bonchev–Trinajstić information content (AvgIpc) is 2.68. The summed E-state index contributed by atoms with van der Waals surface area (Å²) in [5, 5.41) is 9.78. The summed E-state index contributed by atoms with van der Waals surface area (Å²) >= 11 is 0. The van der Waals surface area contributed by atoms with Gasteiger partial charge in [-0.3, -0.25) is 0 Å². The van der Waals surface area contributed by atoms with E-state index >= 15 is 0 Å². The zero-order chi connectivity index (χ0) is 12.3. The van der Waals surface area contributed by atoms with Crippen LogP contribution in [0.15, 0.2) is 24.4 Å². The highest BCUT2D eigenvalue weighted by Crippen LogP contribution is 2.25. The Morgan fingerprint density at radius 2 is 2.24 bits per heavy atom. The number of hydrogen-bond acceptors (Lipinski definition) is 2. The fourth-order valence-corrected chi connectivity index (χ4v) is 1.90. The molecule has 0 aliphatic heterocycles. The molecule has 0 fully saturated rings. The van der Waals surface area contributed by atoms with Crippen molar-refractivity contribution in [3.05, 3.63) is 30.0 Å². The molecule has 0 spiro atoms. The van der Waals surface area contributed by atoms with E-state index in [-0.39, 0.29) is 6.10 Å². The predicted molar refractivity (Wildman–Crippen MR) is 68.0 cm³/mol. The molecule has 2 rings (SSSR count). The second-order valence-electron chi connectivity index (χ2n) is 4.35. The lowest BCUT2D eigenvalue weighted by molar-refractivity contribution is 0.243. The molecule has 0 radical (unpaired) electrons. The Bertz CT molecular complexity index is 549. The Balaban J connectivity index is 2.33. The molecule has 2 aromatic rings. The number of hydrogen-bond donors (Lipinski definition) is 1. The minimum Gasteiger partial charge on any atom is -0.491 e. The number of benzene rings is 1. The molecule has 3 nitrogen and oxygen atoms in total. The number of ether oxygens (including phenoxy) is 1. The Morgan fingerprint density at radius 3 is 2.94 bits per heavy atom. The highest BCUT2D eigenvalue weighted by atomic mass is 16.5. The summed E-state index contributed by atoms with van der Waals surface area (Å²) in [6.07, 6.45) is 3.47. The summed E-state index contributed by atoms with van der Waals surface area (Å²) in [5.41, 5.74) is 2.27. The van der Waals surface area contributed by atoms with Gasteiger partial charge in [-0.2, -0.15) is 5.26 Å². The van der Waals surface area contributed by atoms with Gasteiger partial charge in [-0.05, 0) is 44.0 Å². The van der Waals surface area contributed by atoms with Crippen LogP contribution in [0.4, 0.5) is 0 Å². The molecule has 0 aliphatic carbocycles. The Kier molecular flexibility index (Phi) is 3.34. The van der Waals surface area contributed by atoms with Crippen LogP contribution in [0.1, 0.15) is 25.8 Å². The van der Waals surface area contributed by atoms with Crippen LogP contribution in [0.2, 0.25) is 0 Å². The van der Waals surface area contributed by atoms with Gasteiger partial charge in [0.1, 0.15) is 5.75 Å². The molecule has 0 saturated heterocycles. The third-order valence-corrected chi connectivity index (χ3v) is 2.62. The molecule has 0 aliphatic rings. The molecule has 0 amide bonds. The molecular formula is C14H16N2O. The minimum absolute atomic E-state index is 0.175. The summed E-state index contributed by atoms with van der Waals surface area (Å²) in [6.45, 7) is 4.02. The van der Waals surface area contributed by atoms with Crippen molar-refractivity contribution in [3.8, 4) is 11.8 Å². The second kappa shape index (κ2) is 4.92. The largest absolute Gasteiger partial charge is 0.491 e. The Hall–Kier alpha value is -1.95. The van der Waals surface area contributed by atoms with E-state index in [2.05, 4.69) is 11.1 Å². The van der Waals surface area contributed by atoms with Gasteiger partial charge in [0.25, 0.3) is 0 Å². The zero-order valence-corrected chi connectivity index (χ0v) is 10.2. The molecule has 0 unspecified atom stereocenters. The van der Waals surface area contributed by atoms with Gasteiger partial charge in [-0.1, -0.05) is 0 Å². The van der Waals surface area contributed by atoms with Crippen LogP contribution in [0.25, 0.3) is 10.9 Å². The van der Waals surface area contributed by atoms with Crippen molar-refractivity contribution in [3.63, 3.8) is 0 Å². The van der Waals surface area contributed by atoms with Gasteiger partial charge in [0.2, 0.25) is 0 Å². The maximum atomic E-state index is 8.63. The van der Waals surface area contributed by atoms with Crippen LogP contribution in [0.3, 0.4) is 0 Å². The quantitative estimate of drug-likeness (QED) is 0.871. The maximum Gasteiger partial charge on any atom is 0.120 e. The summed E-state index contributed by atoms with van der Waals surface area (Å²) in [4.78, 5) is 3.21. The molecular weight excluding hydrogens is 212 g/mol. The Labute approximate surface area is 101 Å². The zero-order valence-electron chi connectivity index (χ0n) is 10.2. The second-order valence-corrected chi connectivity index (χ2v) is 4.35. The molecule has 88 valence electrons. The van der Waals surface area contributed by atoms with Gasteiger partial charge in [-0.25, -0.2) is 0 Å². The van der Waals surface area contributed by atoms with Crippen LogP contribution < -0.4 is 4.74 Å². The first-order chi connectivity index (χ1) is 8.20. The van der Waals surface area contributed by atoms with E-state index in [9.17, 15) is 0 Å². The first-order valence-corrected chi connectivity index (χ1v) is 5.84. The fraction of sp³-hybridized carbons (Fsp3) is 0.357. The first kappa shape index (κ1) is 11.5. The number of nitriles is 1. The topological polar surface area (TPSA) is 48.8 Å². The van der Waals surface area contributed by atoms with Crippen LogP contribution in [-0.4, -0.2) is 11.1 Å². The van der Waals surface area contributed by atoms with Crippen molar-refractivity contribution in [1.82, 2.24) is 4.98 Å². The molecule has 1 heterocycles. The van der Waals surface area contributed by atoms with Crippen molar-refractivity contribution in [2.24, 2.45) is 0 Å². The lowest BCUT2D eigenvalue weighted by Gasteiger charge is -2.09. The molecule has 0 saturated carbocycles. The van der Waals surface area contributed by atoms with Crippen LogP contribution >= 0.6 is 0 Å². The van der Waals surface area contributed by atoms with Crippen molar-refractivity contribution in [2.45, 2.75) is 32.8 Å². The van der Waals surface area contributed by atoms with Gasteiger partial charge in [0.15, 0.2) is 0 Å². The van der Waals surface area contributed by atoms with Crippen molar-refractivity contribution >= 4 is 10.9 Å². The van der Waals surface area contributed by atoms with E-state index in [0.29, 0.717) is 6.42 Å². The minimum atomic E-state index is 0.175. The average molecular weight is 228 g/mol. The van der Waals surface area contributed by atoms with Gasteiger partial charge in [0, 0.05) is 23.5 Å². The molecule has 17 heavy (non-hydrogen) atoms. The van der Waals surface area contributed by atoms with E-state index < -0.39 is 0 Å². The number of aromatic nitrogens is 1. The number of nitrogens with zero attached hydrogens (tertiary/aromatic N) is 1. The number of rotatable bonds is 4. The van der Waals surface area contributed by atoms with Crippen LogP contribution in [0, 0.1) is 11.3 Å². The highest BCUT2D eigenvalue weighted by Gasteiger charge is 2.05. The summed E-state index contributed by atoms with van der Waals surface area (Å²) in [5.74, 6) is 0.880. The van der Waals surface area contributed by atoms with E-state index in [4.69, 9.17) is 10.00 Å². The lowest BCUT2D eigenvalue weighted by atomic mass is 10.1. The van der Waals surface area contributed by atoms with Gasteiger partial charge in [-0.15, -0.1) is 0 Å². The summed E-state index contributed by atoms with van der Waals surface area (Å²) < 4.78 is 5.67. The molecule has 0 atom stereocenters. The SMILES string of the molecule is CC(C)Oc1ccc2[nH]cc(CCC#N)c2c1. The molecule has 1 aromatic heterocycles. The molecule has 3 heteroatoms. The van der Waals surface area contributed by atoms with E-state index in [1.54, 1.807) is 0 Å². The number of H-pyrrole nitrogens is 1. The number of aryl methyl sites for hydroxylation is 1. The van der Waals surface area contributed by atoms with E-state index in [1.165, 1.54) is 5.56 Å². The van der Waals surface area contributed by atoms with Gasteiger partial charge in [0.05, 0.1) is 12.2 Å². The number of fused-ring (bicyclic) bond motifs is 1. The highest BCUT2D eigenvalue weighted by molar-refractivity contribution is 5.84. The van der Waals surface area contributed by atoms with Crippen molar-refractivity contribution in [2.75, 3.05) is 0 Å². The molecule has 1 N–H and O–H groups in total. The lowest BCUT2D eigenvalue weighted by Crippen LogP contribution is -2.05.